The van der Waals surface area contributed by atoms with Gasteiger partial charge in [0.25, 0.3) is 11.8 Å². The summed E-state index contributed by atoms with van der Waals surface area (Å²) in [4.78, 5) is 31.5. The van der Waals surface area contributed by atoms with Crippen molar-refractivity contribution in [3.05, 3.63) is 83.7 Å². The molecule has 0 aliphatic carbocycles. The van der Waals surface area contributed by atoms with Gasteiger partial charge >= 0.3 is 0 Å². The fraction of sp³-hybridized carbons (Fsp3) is 0.174. The number of aromatic nitrogens is 1. The minimum Gasteiger partial charge on any atom is -0.494 e. The van der Waals surface area contributed by atoms with Gasteiger partial charge in [-0.25, -0.2) is 0 Å². The minimum atomic E-state index is -0.299. The number of hydrogen-bond donors (Lipinski definition) is 1. The van der Waals surface area contributed by atoms with Gasteiger partial charge in [-0.3, -0.25) is 14.6 Å². The molecule has 6 heteroatoms. The molecular formula is C23H21N3O3. The van der Waals surface area contributed by atoms with Gasteiger partial charge in [0.05, 0.1) is 6.61 Å². The largest absolute Gasteiger partial charge is 0.494 e. The fourth-order valence-electron chi connectivity index (χ4n) is 3.38. The first kappa shape index (κ1) is 18.7. The number of nitrogens with one attached hydrogen (secondary N) is 1. The van der Waals surface area contributed by atoms with Crippen molar-refractivity contribution in [1.82, 2.24) is 4.98 Å². The minimum absolute atomic E-state index is 0.203. The molecule has 0 saturated heterocycles. The number of anilines is 2. The fourth-order valence-corrected chi connectivity index (χ4v) is 3.38. The summed E-state index contributed by atoms with van der Waals surface area (Å²) in [5, 5.41) is 2.83. The van der Waals surface area contributed by atoms with Crippen LogP contribution in [0.15, 0.2) is 66.9 Å². The number of pyridine rings is 1. The van der Waals surface area contributed by atoms with Crippen molar-refractivity contribution in [1.29, 1.82) is 0 Å². The number of hydrogen-bond acceptors (Lipinski definition) is 4. The van der Waals surface area contributed by atoms with Gasteiger partial charge in [0.2, 0.25) is 0 Å². The molecule has 0 spiro atoms. The normalized spacial score (nSPS) is 12.4. The molecule has 1 aromatic heterocycles. The Hall–Kier alpha value is -3.67. The Kier molecular flexibility index (Phi) is 5.24. The predicted molar refractivity (Wildman–Crippen MR) is 112 cm³/mol. The monoisotopic (exact) mass is 387 g/mol. The number of carbonyl (C=O) groups excluding carboxylic acids is 2. The molecule has 0 bridgehead atoms. The molecule has 0 fully saturated rings. The van der Waals surface area contributed by atoms with Gasteiger partial charge in [-0.15, -0.1) is 0 Å². The molecule has 0 saturated carbocycles. The van der Waals surface area contributed by atoms with E-state index in [0.29, 0.717) is 24.4 Å². The number of rotatable bonds is 5. The Morgan fingerprint density at radius 2 is 1.90 bits per heavy atom. The Labute approximate surface area is 169 Å². The number of benzene rings is 2. The summed E-state index contributed by atoms with van der Waals surface area (Å²) in [6, 6.07) is 18.1. The van der Waals surface area contributed by atoms with Crippen molar-refractivity contribution in [2.24, 2.45) is 0 Å². The van der Waals surface area contributed by atoms with E-state index in [-0.39, 0.29) is 17.5 Å². The molecule has 146 valence electrons. The first-order valence-electron chi connectivity index (χ1n) is 9.56. The third-order valence-electron chi connectivity index (χ3n) is 4.80. The number of carbonyl (C=O) groups is 2. The molecule has 0 radical (unpaired) electrons. The van der Waals surface area contributed by atoms with Crippen LogP contribution in [-0.2, 0) is 6.42 Å². The van der Waals surface area contributed by atoms with E-state index >= 15 is 0 Å². The number of ether oxygens (including phenoxy) is 1. The van der Waals surface area contributed by atoms with E-state index in [9.17, 15) is 9.59 Å². The number of nitrogens with zero attached hydrogens (tertiary/aromatic N) is 2. The summed E-state index contributed by atoms with van der Waals surface area (Å²) in [6.07, 6.45) is 2.31. The van der Waals surface area contributed by atoms with Crippen LogP contribution in [0.2, 0.25) is 0 Å². The Balaban J connectivity index is 1.50. The van der Waals surface area contributed by atoms with E-state index in [2.05, 4.69) is 10.3 Å². The van der Waals surface area contributed by atoms with Crippen molar-refractivity contribution in [2.45, 2.75) is 13.3 Å². The second kappa shape index (κ2) is 8.14. The topological polar surface area (TPSA) is 71.5 Å². The molecule has 0 unspecified atom stereocenters. The van der Waals surface area contributed by atoms with Gasteiger partial charge in [-0.1, -0.05) is 18.2 Å². The van der Waals surface area contributed by atoms with Crippen LogP contribution < -0.4 is 15.0 Å². The first-order valence-corrected chi connectivity index (χ1v) is 9.56. The Morgan fingerprint density at radius 1 is 1.10 bits per heavy atom. The highest BCUT2D eigenvalue weighted by atomic mass is 16.5. The third kappa shape index (κ3) is 3.96. The van der Waals surface area contributed by atoms with Gasteiger partial charge in [0.15, 0.2) is 0 Å². The highest BCUT2D eigenvalue weighted by Gasteiger charge is 2.26. The van der Waals surface area contributed by atoms with Gasteiger partial charge in [-0.2, -0.15) is 0 Å². The summed E-state index contributed by atoms with van der Waals surface area (Å²) >= 11 is 0. The summed E-state index contributed by atoms with van der Waals surface area (Å²) in [6.45, 7) is 3.11. The second-order valence-corrected chi connectivity index (χ2v) is 6.68. The lowest BCUT2D eigenvalue weighted by Gasteiger charge is -2.17. The zero-order valence-corrected chi connectivity index (χ0v) is 16.1. The summed E-state index contributed by atoms with van der Waals surface area (Å²) in [5.41, 5.74) is 3.33. The van der Waals surface area contributed by atoms with Crippen LogP contribution in [0.5, 0.6) is 5.75 Å². The van der Waals surface area contributed by atoms with E-state index in [1.54, 1.807) is 35.2 Å². The molecule has 4 rings (SSSR count). The van der Waals surface area contributed by atoms with Crippen LogP contribution in [0.3, 0.4) is 0 Å². The molecular weight excluding hydrogens is 366 g/mol. The lowest BCUT2D eigenvalue weighted by Crippen LogP contribution is -2.30. The molecule has 1 aliphatic heterocycles. The maximum atomic E-state index is 13.0. The first-order chi connectivity index (χ1) is 14.2. The van der Waals surface area contributed by atoms with Crippen molar-refractivity contribution in [3.8, 4) is 5.75 Å². The van der Waals surface area contributed by atoms with Gasteiger partial charge in [0, 0.05) is 29.7 Å². The Morgan fingerprint density at radius 3 is 2.69 bits per heavy atom. The van der Waals surface area contributed by atoms with E-state index in [0.717, 1.165) is 23.4 Å². The molecule has 1 N–H and O–H groups in total. The van der Waals surface area contributed by atoms with Gasteiger partial charge in [-0.05, 0) is 61.4 Å². The van der Waals surface area contributed by atoms with Crippen molar-refractivity contribution in [2.75, 3.05) is 23.4 Å². The van der Waals surface area contributed by atoms with Crippen LogP contribution in [0.4, 0.5) is 11.4 Å². The maximum Gasteiger partial charge on any atom is 0.276 e. The molecule has 0 atom stereocenters. The number of para-hydroxylation sites is 1. The summed E-state index contributed by atoms with van der Waals surface area (Å²) in [7, 11) is 0. The maximum absolute atomic E-state index is 13.0. The molecule has 2 amide bonds. The zero-order chi connectivity index (χ0) is 20.2. The van der Waals surface area contributed by atoms with E-state index < -0.39 is 0 Å². The molecule has 2 heterocycles. The van der Waals surface area contributed by atoms with Crippen LogP contribution in [-0.4, -0.2) is 29.9 Å². The average Bonchev–Trinajstić information content (AvgIpc) is 3.19. The summed E-state index contributed by atoms with van der Waals surface area (Å²) in [5.74, 6) is 0.242. The zero-order valence-electron chi connectivity index (χ0n) is 16.1. The van der Waals surface area contributed by atoms with Crippen LogP contribution >= 0.6 is 0 Å². The molecule has 29 heavy (non-hydrogen) atoms. The standard InChI is InChI=1S/C23H21N3O3/c1-2-29-19-9-7-18(8-10-19)25-22(27)17-11-13-24-20(15-17)23(28)26-14-12-16-5-3-4-6-21(16)26/h3-11,13,15H,2,12,14H2,1H3,(H,25,27). The lowest BCUT2D eigenvalue weighted by molar-refractivity contribution is 0.0984. The SMILES string of the molecule is CCOc1ccc(NC(=O)c2ccnc(C(=O)N3CCc4ccccc43)c2)cc1. The quantitative estimate of drug-likeness (QED) is 0.720. The highest BCUT2D eigenvalue weighted by Crippen LogP contribution is 2.28. The Bertz CT molecular complexity index is 1050. The molecule has 6 nitrogen and oxygen atoms in total. The molecule has 1 aliphatic rings. The lowest BCUT2D eigenvalue weighted by atomic mass is 10.1. The van der Waals surface area contributed by atoms with Crippen LogP contribution in [0, 0.1) is 0 Å². The third-order valence-corrected chi connectivity index (χ3v) is 4.80. The van der Waals surface area contributed by atoms with E-state index in [1.165, 1.54) is 12.3 Å². The predicted octanol–water partition coefficient (Wildman–Crippen LogP) is 3.94. The van der Waals surface area contributed by atoms with E-state index in [4.69, 9.17) is 4.74 Å². The van der Waals surface area contributed by atoms with Gasteiger partial charge < -0.3 is 15.0 Å². The summed E-state index contributed by atoms with van der Waals surface area (Å²) < 4.78 is 5.40. The van der Waals surface area contributed by atoms with Crippen LogP contribution in [0.1, 0.15) is 33.3 Å². The number of fused-ring (bicyclic) bond motifs is 1. The van der Waals surface area contributed by atoms with Gasteiger partial charge in [0.1, 0.15) is 11.4 Å². The highest BCUT2D eigenvalue weighted by molar-refractivity contribution is 6.09. The second-order valence-electron chi connectivity index (χ2n) is 6.68. The molecule has 3 aromatic rings. The number of amides is 2. The average molecular weight is 387 g/mol. The van der Waals surface area contributed by atoms with Crippen molar-refractivity contribution < 1.29 is 14.3 Å². The van der Waals surface area contributed by atoms with E-state index in [1.807, 2.05) is 31.2 Å². The smallest absolute Gasteiger partial charge is 0.276 e. The van der Waals surface area contributed by atoms with Crippen LogP contribution in [0.25, 0.3) is 0 Å². The van der Waals surface area contributed by atoms with Crippen molar-refractivity contribution >= 4 is 23.2 Å². The van der Waals surface area contributed by atoms with Crippen molar-refractivity contribution in [3.63, 3.8) is 0 Å². The molecule has 2 aromatic carbocycles.